The molecule has 1 aromatic rings. The topological polar surface area (TPSA) is 28.5 Å². The van der Waals surface area contributed by atoms with Crippen LogP contribution in [-0.2, 0) is 0 Å². The first-order valence-corrected chi connectivity index (χ1v) is 5.39. The predicted octanol–water partition coefficient (Wildman–Crippen LogP) is 2.98. The minimum absolute atomic E-state index is 0.349. The molecule has 3 nitrogen and oxygen atoms in total. The Morgan fingerprint density at radius 2 is 2.27 bits per heavy atom. The summed E-state index contributed by atoms with van der Waals surface area (Å²) >= 11 is 3.05. The fourth-order valence-electron chi connectivity index (χ4n) is 1.09. The van der Waals surface area contributed by atoms with Crippen LogP contribution in [0.1, 0.15) is 13.3 Å². The molecule has 0 atom stereocenters. The van der Waals surface area contributed by atoms with Crippen LogP contribution < -0.4 is 0 Å². The largest absolute Gasteiger partial charge is 0.366 e. The van der Waals surface area contributed by atoms with Crippen LogP contribution in [0.3, 0.4) is 0 Å². The molecule has 5 heteroatoms. The first kappa shape index (κ1) is 12.1. The predicted molar refractivity (Wildman–Crippen MR) is 63.0 cm³/mol. The Bertz CT molecular complexity index is 377. The van der Waals surface area contributed by atoms with Crippen molar-refractivity contribution in [3.63, 3.8) is 0 Å². The number of hydrogen-bond acceptors (Lipinski definition) is 2. The summed E-state index contributed by atoms with van der Waals surface area (Å²) in [6.45, 7) is 1.99. The van der Waals surface area contributed by atoms with E-state index in [1.807, 2.05) is 25.9 Å². The molecule has 0 amide bonds. The molecule has 0 aromatic carbocycles. The fourth-order valence-corrected chi connectivity index (χ4v) is 1.31. The lowest BCUT2D eigenvalue weighted by Crippen LogP contribution is -2.20. The molecule has 0 N–H and O–H groups in total. The Morgan fingerprint density at radius 1 is 1.60 bits per heavy atom. The monoisotopic (exact) mass is 273 g/mol. The molecular weight excluding hydrogens is 261 g/mol. The van der Waals surface area contributed by atoms with Gasteiger partial charge in [-0.2, -0.15) is 0 Å². The lowest BCUT2D eigenvalue weighted by atomic mass is 10.4. The van der Waals surface area contributed by atoms with Gasteiger partial charge in [0.15, 0.2) is 5.82 Å². The van der Waals surface area contributed by atoms with Gasteiger partial charge in [0.1, 0.15) is 11.7 Å². The Morgan fingerprint density at radius 3 is 2.73 bits per heavy atom. The molecule has 1 heterocycles. The third-order valence-electron chi connectivity index (χ3n) is 1.87. The van der Waals surface area contributed by atoms with E-state index >= 15 is 0 Å². The Hall–Kier alpha value is -0.970. The van der Waals surface area contributed by atoms with E-state index in [0.29, 0.717) is 10.3 Å². The quantitative estimate of drug-likeness (QED) is 0.612. The lowest BCUT2D eigenvalue weighted by Gasteiger charge is -2.13. The number of halogens is 2. The van der Waals surface area contributed by atoms with E-state index in [9.17, 15) is 4.39 Å². The summed E-state index contributed by atoms with van der Waals surface area (Å²) < 4.78 is 13.5. The Labute approximate surface area is 97.2 Å². The molecule has 1 rings (SSSR count). The molecule has 82 valence electrons. The standard InChI is InChI=1S/C10H13BrFN3/c1-4-10(15(2)3)14-9-5-8(12)7(11)6-13-9/h5-6H,4H2,1-3H3. The molecule has 0 aliphatic heterocycles. The van der Waals surface area contributed by atoms with Crippen molar-refractivity contribution in [3.05, 3.63) is 22.6 Å². The van der Waals surface area contributed by atoms with Crippen molar-refractivity contribution >= 4 is 27.6 Å². The van der Waals surface area contributed by atoms with Gasteiger partial charge in [0, 0.05) is 32.8 Å². The van der Waals surface area contributed by atoms with Crippen molar-refractivity contribution in [3.8, 4) is 0 Å². The van der Waals surface area contributed by atoms with Gasteiger partial charge in [0.05, 0.1) is 4.47 Å². The van der Waals surface area contributed by atoms with E-state index in [-0.39, 0.29) is 5.82 Å². The van der Waals surface area contributed by atoms with Gasteiger partial charge in [-0.3, -0.25) is 0 Å². The maximum absolute atomic E-state index is 13.2. The molecular formula is C10H13BrFN3. The van der Waals surface area contributed by atoms with Gasteiger partial charge in [-0.25, -0.2) is 14.4 Å². The van der Waals surface area contributed by atoms with Gasteiger partial charge in [0.2, 0.25) is 0 Å². The van der Waals surface area contributed by atoms with Crippen molar-refractivity contribution in [1.82, 2.24) is 9.88 Å². The zero-order valence-corrected chi connectivity index (χ0v) is 10.5. The first-order chi connectivity index (χ1) is 7.04. The van der Waals surface area contributed by atoms with E-state index in [0.717, 1.165) is 12.3 Å². The third-order valence-corrected chi connectivity index (χ3v) is 2.45. The first-order valence-electron chi connectivity index (χ1n) is 4.60. The van der Waals surface area contributed by atoms with Crippen LogP contribution in [0.5, 0.6) is 0 Å². The highest BCUT2D eigenvalue weighted by Crippen LogP contribution is 2.18. The van der Waals surface area contributed by atoms with Gasteiger partial charge in [-0.1, -0.05) is 6.92 Å². The lowest BCUT2D eigenvalue weighted by molar-refractivity contribution is 0.605. The van der Waals surface area contributed by atoms with Crippen LogP contribution in [0.2, 0.25) is 0 Å². The Balaban J connectivity index is 3.01. The second-order valence-electron chi connectivity index (χ2n) is 3.23. The van der Waals surface area contributed by atoms with Gasteiger partial charge in [-0.15, -0.1) is 0 Å². The number of rotatable bonds is 2. The highest BCUT2D eigenvalue weighted by molar-refractivity contribution is 9.10. The number of aliphatic imine (C=N–C) groups is 1. The molecule has 0 spiro atoms. The highest BCUT2D eigenvalue weighted by Gasteiger charge is 2.03. The fraction of sp³-hybridized carbons (Fsp3) is 0.400. The van der Waals surface area contributed by atoms with Crippen molar-refractivity contribution in [1.29, 1.82) is 0 Å². The van der Waals surface area contributed by atoms with Crippen LogP contribution in [0, 0.1) is 5.82 Å². The average Bonchev–Trinajstić information content (AvgIpc) is 2.19. The second kappa shape index (κ2) is 5.21. The van der Waals surface area contributed by atoms with E-state index < -0.39 is 0 Å². The second-order valence-corrected chi connectivity index (χ2v) is 4.09. The van der Waals surface area contributed by atoms with Crippen molar-refractivity contribution < 1.29 is 4.39 Å². The zero-order valence-electron chi connectivity index (χ0n) is 8.96. The number of amidine groups is 1. The van der Waals surface area contributed by atoms with Crippen molar-refractivity contribution in [2.24, 2.45) is 4.99 Å². The van der Waals surface area contributed by atoms with Crippen LogP contribution in [-0.4, -0.2) is 29.8 Å². The van der Waals surface area contributed by atoms with Crippen LogP contribution >= 0.6 is 15.9 Å². The van der Waals surface area contributed by atoms with Crippen LogP contribution in [0.15, 0.2) is 21.7 Å². The molecule has 0 fully saturated rings. The molecule has 0 aliphatic carbocycles. The summed E-state index contributed by atoms with van der Waals surface area (Å²) in [5.41, 5.74) is 0. The summed E-state index contributed by atoms with van der Waals surface area (Å²) in [6.07, 6.45) is 2.20. The minimum atomic E-state index is -0.349. The summed E-state index contributed by atoms with van der Waals surface area (Å²) in [5, 5.41) is 0. The average molecular weight is 274 g/mol. The van der Waals surface area contributed by atoms with E-state index in [4.69, 9.17) is 0 Å². The van der Waals surface area contributed by atoms with Gasteiger partial charge < -0.3 is 4.90 Å². The van der Waals surface area contributed by atoms with Gasteiger partial charge >= 0.3 is 0 Å². The maximum Gasteiger partial charge on any atom is 0.156 e. The van der Waals surface area contributed by atoms with E-state index in [1.54, 1.807) is 0 Å². The van der Waals surface area contributed by atoms with Gasteiger partial charge in [0.25, 0.3) is 0 Å². The number of hydrogen-bond donors (Lipinski definition) is 0. The smallest absolute Gasteiger partial charge is 0.156 e. The number of nitrogens with zero attached hydrogens (tertiary/aromatic N) is 3. The highest BCUT2D eigenvalue weighted by atomic mass is 79.9. The van der Waals surface area contributed by atoms with E-state index in [1.165, 1.54) is 12.3 Å². The molecule has 0 unspecified atom stereocenters. The zero-order chi connectivity index (χ0) is 11.4. The van der Waals surface area contributed by atoms with Crippen LogP contribution in [0.25, 0.3) is 0 Å². The van der Waals surface area contributed by atoms with Crippen molar-refractivity contribution in [2.45, 2.75) is 13.3 Å². The third kappa shape index (κ3) is 3.27. The molecule has 15 heavy (non-hydrogen) atoms. The van der Waals surface area contributed by atoms with Crippen LogP contribution in [0.4, 0.5) is 10.2 Å². The van der Waals surface area contributed by atoms with Gasteiger partial charge in [-0.05, 0) is 15.9 Å². The van der Waals surface area contributed by atoms with Crippen molar-refractivity contribution in [2.75, 3.05) is 14.1 Å². The number of aromatic nitrogens is 1. The molecule has 0 saturated heterocycles. The molecule has 0 radical (unpaired) electrons. The summed E-state index contributed by atoms with van der Waals surface area (Å²) in [4.78, 5) is 10.1. The summed E-state index contributed by atoms with van der Waals surface area (Å²) in [5.74, 6) is 0.906. The SMILES string of the molecule is CCC(=Nc1cc(F)c(Br)cn1)N(C)C. The number of pyridine rings is 1. The summed E-state index contributed by atoms with van der Waals surface area (Å²) in [6, 6.07) is 1.31. The van der Waals surface area contributed by atoms with E-state index in [2.05, 4.69) is 25.9 Å². The molecule has 0 aliphatic rings. The maximum atomic E-state index is 13.2. The molecule has 0 saturated carbocycles. The Kier molecular flexibility index (Phi) is 4.20. The minimum Gasteiger partial charge on any atom is -0.366 e. The summed E-state index contributed by atoms with van der Waals surface area (Å²) in [7, 11) is 3.80. The normalized spacial score (nSPS) is 11.7. The molecule has 1 aromatic heterocycles. The molecule has 0 bridgehead atoms.